The Labute approximate surface area is 195 Å². The lowest BCUT2D eigenvalue weighted by molar-refractivity contribution is -0.167. The van der Waals surface area contributed by atoms with E-state index in [1.807, 2.05) is 30.3 Å². The first-order chi connectivity index (χ1) is 15.6. The zero-order valence-electron chi connectivity index (χ0n) is 19.9. The monoisotopic (exact) mass is 462 g/mol. The van der Waals surface area contributed by atoms with Crippen LogP contribution in [0.25, 0.3) is 0 Å². The number of esters is 3. The Balaban J connectivity index is 2.19. The van der Waals surface area contributed by atoms with Gasteiger partial charge in [-0.3, -0.25) is 9.59 Å². The van der Waals surface area contributed by atoms with Crippen molar-refractivity contribution in [3.05, 3.63) is 48.2 Å². The molecule has 1 aromatic carbocycles. The van der Waals surface area contributed by atoms with Crippen LogP contribution < -0.4 is 0 Å². The Morgan fingerprint density at radius 2 is 1.85 bits per heavy atom. The molecule has 1 saturated heterocycles. The molecule has 4 atom stereocenters. The molecule has 0 spiro atoms. The van der Waals surface area contributed by atoms with Gasteiger partial charge in [0.15, 0.2) is 0 Å². The number of methoxy groups -OCH3 is 1. The molecule has 182 valence electrons. The Morgan fingerprint density at radius 1 is 1.15 bits per heavy atom. The summed E-state index contributed by atoms with van der Waals surface area (Å²) in [5.74, 6) is -2.58. The average Bonchev–Trinajstić information content (AvgIpc) is 2.78. The molecular weight excluding hydrogens is 428 g/mol. The highest BCUT2D eigenvalue weighted by molar-refractivity contribution is 5.81. The zero-order chi connectivity index (χ0) is 24.4. The standard InChI is InChI=1S/C25H34O8/c1-17-23(31-12-11-21(26)29-5)19(13-18-9-7-6-8-10-18)15-30-16-20(24(28)32-17)14-22(27)33-25(2,3)4/h6-12,17,19-20,23H,13-16H2,1-5H3/b12-11+/t17-,19-,20-,23-/m0/s1. The first-order valence-corrected chi connectivity index (χ1v) is 11.0. The van der Waals surface area contributed by atoms with Crippen molar-refractivity contribution in [2.45, 2.75) is 58.3 Å². The lowest BCUT2D eigenvalue weighted by Crippen LogP contribution is -2.39. The number of ether oxygens (including phenoxy) is 5. The molecule has 0 bridgehead atoms. The third-order valence-corrected chi connectivity index (χ3v) is 5.03. The van der Waals surface area contributed by atoms with E-state index >= 15 is 0 Å². The van der Waals surface area contributed by atoms with Gasteiger partial charge in [-0.05, 0) is 39.7 Å². The first-order valence-electron chi connectivity index (χ1n) is 11.0. The van der Waals surface area contributed by atoms with Crippen molar-refractivity contribution in [3.8, 4) is 0 Å². The maximum Gasteiger partial charge on any atom is 0.333 e. The van der Waals surface area contributed by atoms with E-state index in [0.717, 1.165) is 11.6 Å². The normalized spacial score (nSPS) is 24.2. The van der Waals surface area contributed by atoms with Gasteiger partial charge in [-0.2, -0.15) is 0 Å². The third kappa shape index (κ3) is 9.26. The van der Waals surface area contributed by atoms with E-state index in [9.17, 15) is 14.4 Å². The molecule has 0 aliphatic carbocycles. The van der Waals surface area contributed by atoms with Crippen molar-refractivity contribution in [1.82, 2.24) is 0 Å². The SMILES string of the molecule is COC(=O)/C=C/O[C@@H]1[C@@H](Cc2ccccc2)COC[C@H](CC(=O)OC(C)(C)C)C(=O)O[C@H]1C. The highest BCUT2D eigenvalue weighted by Gasteiger charge is 2.36. The van der Waals surface area contributed by atoms with Gasteiger partial charge in [-0.15, -0.1) is 0 Å². The van der Waals surface area contributed by atoms with Crippen molar-refractivity contribution < 1.29 is 38.1 Å². The van der Waals surface area contributed by atoms with Gasteiger partial charge in [-0.1, -0.05) is 30.3 Å². The summed E-state index contributed by atoms with van der Waals surface area (Å²) in [6.07, 6.45) is 1.63. The van der Waals surface area contributed by atoms with Gasteiger partial charge in [0.1, 0.15) is 17.8 Å². The topological polar surface area (TPSA) is 97.4 Å². The van der Waals surface area contributed by atoms with Crippen molar-refractivity contribution in [1.29, 1.82) is 0 Å². The number of carbonyl (C=O) groups is 3. The predicted molar refractivity (Wildman–Crippen MR) is 120 cm³/mol. The molecule has 0 unspecified atom stereocenters. The highest BCUT2D eigenvalue weighted by Crippen LogP contribution is 2.25. The van der Waals surface area contributed by atoms with Gasteiger partial charge < -0.3 is 23.7 Å². The highest BCUT2D eigenvalue weighted by atomic mass is 16.6. The van der Waals surface area contributed by atoms with Crippen molar-refractivity contribution in [2.75, 3.05) is 20.3 Å². The van der Waals surface area contributed by atoms with Crippen LogP contribution in [0.4, 0.5) is 0 Å². The number of carbonyl (C=O) groups excluding carboxylic acids is 3. The van der Waals surface area contributed by atoms with Crippen molar-refractivity contribution in [3.63, 3.8) is 0 Å². The van der Waals surface area contributed by atoms with Crippen LogP contribution in [-0.4, -0.2) is 56.0 Å². The minimum Gasteiger partial charge on any atom is -0.494 e. The lowest BCUT2D eigenvalue weighted by atomic mass is 9.91. The summed E-state index contributed by atoms with van der Waals surface area (Å²) in [4.78, 5) is 36.5. The summed E-state index contributed by atoms with van der Waals surface area (Å²) in [6.45, 7) is 7.33. The Morgan fingerprint density at radius 3 is 2.48 bits per heavy atom. The van der Waals surface area contributed by atoms with E-state index in [0.29, 0.717) is 6.42 Å². The minimum absolute atomic E-state index is 0.0286. The van der Waals surface area contributed by atoms with Crippen LogP contribution >= 0.6 is 0 Å². The summed E-state index contributed by atoms with van der Waals surface area (Å²) in [5.41, 5.74) is 0.416. The maximum absolute atomic E-state index is 12.8. The fourth-order valence-electron chi connectivity index (χ4n) is 3.55. The second-order valence-electron chi connectivity index (χ2n) is 9.04. The Hall–Kier alpha value is -2.87. The van der Waals surface area contributed by atoms with Crippen LogP contribution in [0.3, 0.4) is 0 Å². The Bertz CT molecular complexity index is 811. The van der Waals surface area contributed by atoms with E-state index in [-0.39, 0.29) is 25.6 Å². The quantitative estimate of drug-likeness (QED) is 0.264. The number of cyclic esters (lactones) is 1. The van der Waals surface area contributed by atoms with E-state index < -0.39 is 41.6 Å². The summed E-state index contributed by atoms with van der Waals surface area (Å²) in [7, 11) is 1.27. The van der Waals surface area contributed by atoms with E-state index in [1.54, 1.807) is 27.7 Å². The van der Waals surface area contributed by atoms with Gasteiger partial charge in [0.25, 0.3) is 0 Å². The number of rotatable bonds is 7. The molecule has 0 saturated carbocycles. The van der Waals surface area contributed by atoms with Crippen LogP contribution in [0.5, 0.6) is 0 Å². The maximum atomic E-state index is 12.8. The van der Waals surface area contributed by atoms with Crippen molar-refractivity contribution >= 4 is 17.9 Å². The second kappa shape index (κ2) is 12.4. The molecule has 0 N–H and O–H groups in total. The van der Waals surface area contributed by atoms with Crippen LogP contribution in [0.1, 0.15) is 39.7 Å². The van der Waals surface area contributed by atoms with Crippen molar-refractivity contribution in [2.24, 2.45) is 11.8 Å². The molecule has 1 aromatic rings. The summed E-state index contributed by atoms with van der Waals surface area (Å²) in [5, 5.41) is 0. The summed E-state index contributed by atoms with van der Waals surface area (Å²) < 4.78 is 27.3. The summed E-state index contributed by atoms with van der Waals surface area (Å²) >= 11 is 0. The molecular formula is C25H34O8. The Kier molecular flexibility index (Phi) is 9.91. The predicted octanol–water partition coefficient (Wildman–Crippen LogP) is 3.23. The third-order valence-electron chi connectivity index (χ3n) is 5.03. The van der Waals surface area contributed by atoms with Gasteiger partial charge in [0.05, 0.1) is 45.0 Å². The lowest BCUT2D eigenvalue weighted by Gasteiger charge is -2.30. The average molecular weight is 463 g/mol. The van der Waals surface area contributed by atoms with Crippen LogP contribution in [-0.2, 0) is 44.5 Å². The first kappa shape index (κ1) is 26.4. The molecule has 2 rings (SSSR count). The van der Waals surface area contributed by atoms with Crippen LogP contribution in [0.15, 0.2) is 42.7 Å². The molecule has 1 aliphatic heterocycles. The molecule has 1 fully saturated rings. The van der Waals surface area contributed by atoms with Gasteiger partial charge in [-0.25, -0.2) is 4.79 Å². The summed E-state index contributed by atoms with van der Waals surface area (Å²) in [6, 6.07) is 9.81. The largest absolute Gasteiger partial charge is 0.494 e. The minimum atomic E-state index is -0.788. The molecule has 1 heterocycles. The van der Waals surface area contributed by atoms with E-state index in [4.69, 9.17) is 18.9 Å². The van der Waals surface area contributed by atoms with Gasteiger partial charge >= 0.3 is 17.9 Å². The molecule has 8 nitrogen and oxygen atoms in total. The molecule has 8 heteroatoms. The fourth-order valence-corrected chi connectivity index (χ4v) is 3.55. The smallest absolute Gasteiger partial charge is 0.333 e. The molecule has 1 aliphatic rings. The van der Waals surface area contributed by atoms with Crippen LogP contribution in [0, 0.1) is 11.8 Å². The molecule has 33 heavy (non-hydrogen) atoms. The van der Waals surface area contributed by atoms with Crippen LogP contribution in [0.2, 0.25) is 0 Å². The number of benzene rings is 1. The van der Waals surface area contributed by atoms with Gasteiger partial charge in [0, 0.05) is 5.92 Å². The number of hydrogen-bond donors (Lipinski definition) is 0. The fraction of sp³-hybridized carbons (Fsp3) is 0.560. The molecule has 0 amide bonds. The second-order valence-corrected chi connectivity index (χ2v) is 9.04. The van der Waals surface area contributed by atoms with Gasteiger partial charge in [0.2, 0.25) is 0 Å². The molecule has 0 aromatic heterocycles. The number of hydrogen-bond acceptors (Lipinski definition) is 8. The molecule has 0 radical (unpaired) electrons. The zero-order valence-corrected chi connectivity index (χ0v) is 19.9. The van der Waals surface area contributed by atoms with E-state index in [2.05, 4.69) is 4.74 Å². The van der Waals surface area contributed by atoms with E-state index in [1.165, 1.54) is 13.4 Å².